The zero-order valence-electron chi connectivity index (χ0n) is 14.3. The number of carbonyl (C=O) groups excluding carboxylic acids is 2. The number of hydrogen-bond donors (Lipinski definition) is 0. The monoisotopic (exact) mass is 348 g/mol. The molecule has 4 rings (SSSR count). The van der Waals surface area contributed by atoms with Gasteiger partial charge in [-0.1, -0.05) is 0 Å². The van der Waals surface area contributed by atoms with E-state index in [0.29, 0.717) is 32.5 Å². The number of nitrogens with zero attached hydrogens (tertiary/aromatic N) is 2. The van der Waals surface area contributed by atoms with Crippen LogP contribution in [-0.2, 0) is 20.8 Å². The lowest BCUT2D eigenvalue weighted by molar-refractivity contribution is -0.141. The minimum absolute atomic E-state index is 0.0418. The summed E-state index contributed by atoms with van der Waals surface area (Å²) in [6.45, 7) is 4.11. The smallest absolute Gasteiger partial charge is 0.468 e. The van der Waals surface area contributed by atoms with E-state index in [1.54, 1.807) is 6.26 Å². The van der Waals surface area contributed by atoms with Crippen LogP contribution in [0.25, 0.3) is 0 Å². The van der Waals surface area contributed by atoms with E-state index in [4.69, 9.17) is 13.9 Å². The minimum atomic E-state index is -0.583. The van der Waals surface area contributed by atoms with Gasteiger partial charge in [0.25, 0.3) is 0 Å². The van der Waals surface area contributed by atoms with Gasteiger partial charge in [-0.2, -0.15) is 0 Å². The zero-order chi connectivity index (χ0) is 17.3. The van der Waals surface area contributed by atoms with E-state index in [2.05, 4.69) is 4.90 Å². The van der Waals surface area contributed by atoms with Crippen LogP contribution in [-0.4, -0.2) is 60.2 Å². The Kier molecular flexibility index (Phi) is 4.41. The van der Waals surface area contributed by atoms with Gasteiger partial charge in [0, 0.05) is 32.5 Å². The second-order valence-corrected chi connectivity index (χ2v) is 7.30. The average Bonchev–Trinajstić information content (AvgIpc) is 3.26. The first-order valence-electron chi connectivity index (χ1n) is 9.03. The van der Waals surface area contributed by atoms with Gasteiger partial charge in [-0.15, -0.1) is 0 Å². The third-order valence-electron chi connectivity index (χ3n) is 5.55. The van der Waals surface area contributed by atoms with E-state index in [0.717, 1.165) is 38.2 Å². The van der Waals surface area contributed by atoms with Crippen LogP contribution in [0.15, 0.2) is 22.8 Å². The molecule has 3 saturated heterocycles. The lowest BCUT2D eigenvalue weighted by Crippen LogP contribution is -2.51. The molecule has 3 fully saturated rings. The molecule has 0 radical (unpaired) electrons. The molecule has 25 heavy (non-hydrogen) atoms. The summed E-state index contributed by atoms with van der Waals surface area (Å²) in [4.78, 5) is 28.3. The summed E-state index contributed by atoms with van der Waals surface area (Å²) < 4.78 is 15.7. The summed E-state index contributed by atoms with van der Waals surface area (Å²) in [5.41, 5.74) is -0.508. The number of cyclic esters (lactones) is 1. The van der Waals surface area contributed by atoms with E-state index >= 15 is 0 Å². The third-order valence-corrected chi connectivity index (χ3v) is 5.55. The van der Waals surface area contributed by atoms with Gasteiger partial charge in [0.2, 0.25) is 5.91 Å². The van der Waals surface area contributed by atoms with E-state index in [1.165, 1.54) is 0 Å². The molecule has 1 spiro atoms. The van der Waals surface area contributed by atoms with Crippen molar-refractivity contribution in [2.45, 2.75) is 37.8 Å². The molecule has 1 aromatic rings. The van der Waals surface area contributed by atoms with Crippen LogP contribution in [0.2, 0.25) is 0 Å². The maximum absolute atomic E-state index is 12.9. The number of ether oxygens (including phenoxy) is 2. The van der Waals surface area contributed by atoms with Crippen molar-refractivity contribution in [1.29, 1.82) is 0 Å². The number of piperidine rings is 2. The molecule has 0 N–H and O–H groups in total. The van der Waals surface area contributed by atoms with Crippen LogP contribution in [0.3, 0.4) is 0 Å². The SMILES string of the molecule is O=C1OCC2(CCN(C(=O)C3CCCN(Cc4ccco4)C3)CC2)O1. The summed E-state index contributed by atoms with van der Waals surface area (Å²) in [6.07, 6.45) is 4.39. The van der Waals surface area contributed by atoms with Gasteiger partial charge in [-0.25, -0.2) is 4.79 Å². The van der Waals surface area contributed by atoms with Crippen LogP contribution in [0, 0.1) is 5.92 Å². The van der Waals surface area contributed by atoms with Gasteiger partial charge in [0.15, 0.2) is 5.60 Å². The standard InChI is InChI=1S/C18H24N2O5/c21-16(20-8-5-18(6-9-20)13-24-17(22)25-18)14-3-1-7-19(11-14)12-15-4-2-10-23-15/h2,4,10,14H,1,3,5-9,11-13H2. The number of likely N-dealkylation sites (tertiary alicyclic amines) is 2. The number of carbonyl (C=O) groups is 2. The third kappa shape index (κ3) is 3.51. The highest BCUT2D eigenvalue weighted by Gasteiger charge is 2.46. The van der Waals surface area contributed by atoms with Crippen molar-refractivity contribution in [3.63, 3.8) is 0 Å². The molecule has 7 heteroatoms. The van der Waals surface area contributed by atoms with Crippen molar-refractivity contribution in [3.8, 4) is 0 Å². The van der Waals surface area contributed by atoms with Crippen LogP contribution in [0.1, 0.15) is 31.4 Å². The predicted molar refractivity (Wildman–Crippen MR) is 87.7 cm³/mol. The van der Waals surface area contributed by atoms with Crippen molar-refractivity contribution < 1.29 is 23.5 Å². The van der Waals surface area contributed by atoms with Crippen molar-refractivity contribution in [3.05, 3.63) is 24.2 Å². The number of furan rings is 1. The predicted octanol–water partition coefficient (Wildman–Crippen LogP) is 2.02. The van der Waals surface area contributed by atoms with Crippen molar-refractivity contribution in [1.82, 2.24) is 9.80 Å². The second kappa shape index (κ2) is 6.71. The quantitative estimate of drug-likeness (QED) is 0.778. The Bertz CT molecular complexity index is 621. The van der Waals surface area contributed by atoms with Gasteiger partial charge in [0.1, 0.15) is 12.4 Å². The van der Waals surface area contributed by atoms with E-state index < -0.39 is 11.8 Å². The Morgan fingerprint density at radius 2 is 2.12 bits per heavy atom. The summed E-state index contributed by atoms with van der Waals surface area (Å²) in [5.74, 6) is 1.21. The molecule has 1 aromatic heterocycles. The molecule has 1 atom stereocenters. The lowest BCUT2D eigenvalue weighted by Gasteiger charge is -2.39. The highest BCUT2D eigenvalue weighted by atomic mass is 16.8. The molecule has 0 aliphatic carbocycles. The van der Waals surface area contributed by atoms with Crippen LogP contribution < -0.4 is 0 Å². The van der Waals surface area contributed by atoms with Crippen molar-refractivity contribution in [2.24, 2.45) is 5.92 Å². The second-order valence-electron chi connectivity index (χ2n) is 7.30. The Balaban J connectivity index is 1.31. The molecular weight excluding hydrogens is 324 g/mol. The first-order valence-corrected chi connectivity index (χ1v) is 9.03. The van der Waals surface area contributed by atoms with Gasteiger partial charge in [-0.3, -0.25) is 9.69 Å². The average molecular weight is 348 g/mol. The summed E-state index contributed by atoms with van der Waals surface area (Å²) in [7, 11) is 0. The maximum Gasteiger partial charge on any atom is 0.509 e. The number of amides is 1. The van der Waals surface area contributed by atoms with Crippen LogP contribution in [0.4, 0.5) is 4.79 Å². The molecule has 4 heterocycles. The Morgan fingerprint density at radius 3 is 2.80 bits per heavy atom. The van der Waals surface area contributed by atoms with Crippen LogP contribution >= 0.6 is 0 Å². The Labute approximate surface area is 146 Å². The minimum Gasteiger partial charge on any atom is -0.468 e. The molecule has 3 aliphatic heterocycles. The van der Waals surface area contributed by atoms with Crippen molar-refractivity contribution in [2.75, 3.05) is 32.8 Å². The fourth-order valence-electron chi connectivity index (χ4n) is 4.09. The topological polar surface area (TPSA) is 72.2 Å². The molecule has 3 aliphatic rings. The fourth-order valence-corrected chi connectivity index (χ4v) is 4.09. The first kappa shape index (κ1) is 16.4. The lowest BCUT2D eigenvalue weighted by atomic mass is 9.90. The molecule has 0 saturated carbocycles. The van der Waals surface area contributed by atoms with Gasteiger partial charge < -0.3 is 18.8 Å². The molecule has 1 amide bonds. The first-order chi connectivity index (χ1) is 12.1. The van der Waals surface area contributed by atoms with E-state index in [-0.39, 0.29) is 11.8 Å². The van der Waals surface area contributed by atoms with E-state index in [9.17, 15) is 9.59 Å². The highest BCUT2D eigenvalue weighted by Crippen LogP contribution is 2.32. The van der Waals surface area contributed by atoms with Gasteiger partial charge >= 0.3 is 6.16 Å². The molecule has 7 nitrogen and oxygen atoms in total. The number of rotatable bonds is 3. The zero-order valence-corrected chi connectivity index (χ0v) is 14.3. The Morgan fingerprint density at radius 1 is 1.28 bits per heavy atom. The van der Waals surface area contributed by atoms with Gasteiger partial charge in [-0.05, 0) is 31.5 Å². The molecule has 1 unspecified atom stereocenters. The summed E-state index contributed by atoms with van der Waals surface area (Å²) >= 11 is 0. The summed E-state index contributed by atoms with van der Waals surface area (Å²) in [5, 5.41) is 0. The molecule has 136 valence electrons. The summed E-state index contributed by atoms with van der Waals surface area (Å²) in [6, 6.07) is 3.87. The van der Waals surface area contributed by atoms with E-state index in [1.807, 2.05) is 17.0 Å². The van der Waals surface area contributed by atoms with Crippen LogP contribution in [0.5, 0.6) is 0 Å². The molecule has 0 bridgehead atoms. The Hall–Kier alpha value is -2.02. The fraction of sp³-hybridized carbons (Fsp3) is 0.667. The normalized spacial score (nSPS) is 26.5. The van der Waals surface area contributed by atoms with Crippen molar-refractivity contribution >= 4 is 12.1 Å². The largest absolute Gasteiger partial charge is 0.509 e. The highest BCUT2D eigenvalue weighted by molar-refractivity contribution is 5.79. The number of hydrogen-bond acceptors (Lipinski definition) is 6. The van der Waals surface area contributed by atoms with Gasteiger partial charge in [0.05, 0.1) is 18.7 Å². The molecular formula is C18H24N2O5. The maximum atomic E-state index is 12.9. The molecule has 0 aromatic carbocycles.